The van der Waals surface area contributed by atoms with Crippen LogP contribution in [0.15, 0.2) is 0 Å². The van der Waals surface area contributed by atoms with Gasteiger partial charge >= 0.3 is 5.97 Å². The molecule has 0 fully saturated rings. The molecule has 0 aromatic heterocycles. The number of carbonyl (C=O) groups excluding carboxylic acids is 2. The lowest BCUT2D eigenvalue weighted by atomic mass is 10.4. The van der Waals surface area contributed by atoms with Gasteiger partial charge in [0.15, 0.2) is 0 Å². The first kappa shape index (κ1) is 14.8. The van der Waals surface area contributed by atoms with Gasteiger partial charge in [-0.25, -0.2) is 0 Å². The van der Waals surface area contributed by atoms with Gasteiger partial charge in [0.2, 0.25) is 5.91 Å². The van der Waals surface area contributed by atoms with Gasteiger partial charge in [-0.3, -0.25) is 9.59 Å². The molecular formula is C10H16N2O3S. The fraction of sp³-hybridized carbons (Fsp3) is 0.600. The number of rotatable bonds is 7. The molecule has 1 atom stereocenters. The van der Waals surface area contributed by atoms with Crippen LogP contribution in [0.4, 0.5) is 0 Å². The van der Waals surface area contributed by atoms with Crippen LogP contribution in [-0.4, -0.2) is 42.6 Å². The predicted molar refractivity (Wildman–Crippen MR) is 63.8 cm³/mol. The summed E-state index contributed by atoms with van der Waals surface area (Å²) in [5, 5.41) is 2.51. The van der Waals surface area contributed by atoms with E-state index in [-0.39, 0.29) is 18.2 Å². The molecule has 0 saturated heterocycles. The molecule has 0 aliphatic rings. The molecule has 0 aliphatic carbocycles. The molecule has 0 heterocycles. The van der Waals surface area contributed by atoms with Gasteiger partial charge in [0, 0.05) is 5.75 Å². The molecule has 1 amide bonds. The van der Waals surface area contributed by atoms with Gasteiger partial charge in [-0.1, -0.05) is 5.92 Å². The minimum atomic E-state index is -0.689. The van der Waals surface area contributed by atoms with Gasteiger partial charge in [0.25, 0.3) is 0 Å². The number of amides is 1. The van der Waals surface area contributed by atoms with E-state index in [2.05, 4.69) is 11.2 Å². The number of nitrogens with one attached hydrogen (secondary N) is 1. The maximum absolute atomic E-state index is 11.1. The van der Waals surface area contributed by atoms with Crippen molar-refractivity contribution in [1.29, 1.82) is 0 Å². The summed E-state index contributed by atoms with van der Waals surface area (Å²) < 4.78 is 4.72. The Morgan fingerprint density at radius 3 is 2.88 bits per heavy atom. The van der Waals surface area contributed by atoms with E-state index in [9.17, 15) is 9.59 Å². The monoisotopic (exact) mass is 244 g/mol. The number of thioether (sulfide) groups is 1. The largest absolute Gasteiger partial charge is 0.465 e. The fourth-order valence-corrected chi connectivity index (χ4v) is 1.59. The molecule has 16 heavy (non-hydrogen) atoms. The van der Waals surface area contributed by atoms with E-state index >= 15 is 0 Å². The smallest absolute Gasteiger partial charge is 0.323 e. The van der Waals surface area contributed by atoms with E-state index < -0.39 is 12.0 Å². The average molecular weight is 244 g/mol. The summed E-state index contributed by atoms with van der Waals surface area (Å²) >= 11 is 1.27. The second-order valence-electron chi connectivity index (χ2n) is 2.85. The maximum Gasteiger partial charge on any atom is 0.323 e. The van der Waals surface area contributed by atoms with Gasteiger partial charge in [0.1, 0.15) is 6.04 Å². The van der Waals surface area contributed by atoms with Crippen LogP contribution in [0, 0.1) is 12.3 Å². The summed E-state index contributed by atoms with van der Waals surface area (Å²) in [6.45, 7) is 2.23. The summed E-state index contributed by atoms with van der Waals surface area (Å²) in [5.74, 6) is 2.26. The van der Waals surface area contributed by atoms with Gasteiger partial charge < -0.3 is 15.8 Å². The quantitative estimate of drug-likeness (QED) is 0.460. The molecule has 0 bridgehead atoms. The summed E-state index contributed by atoms with van der Waals surface area (Å²) in [6.07, 6.45) is 4.97. The zero-order chi connectivity index (χ0) is 12.4. The first-order chi connectivity index (χ1) is 7.61. The van der Waals surface area contributed by atoms with Crippen LogP contribution in [0.1, 0.15) is 6.92 Å². The summed E-state index contributed by atoms with van der Waals surface area (Å²) in [6, 6.07) is -0.689. The summed E-state index contributed by atoms with van der Waals surface area (Å²) in [5.41, 5.74) is 5.53. The van der Waals surface area contributed by atoms with Crippen molar-refractivity contribution in [1.82, 2.24) is 5.32 Å². The van der Waals surface area contributed by atoms with E-state index in [1.807, 2.05) is 0 Å². The van der Waals surface area contributed by atoms with E-state index in [4.69, 9.17) is 16.9 Å². The topological polar surface area (TPSA) is 81.4 Å². The normalized spacial score (nSPS) is 11.3. The van der Waals surface area contributed by atoms with Gasteiger partial charge in [-0.05, 0) is 6.92 Å². The summed E-state index contributed by atoms with van der Waals surface area (Å²) in [4.78, 5) is 22.2. The van der Waals surface area contributed by atoms with Crippen molar-refractivity contribution < 1.29 is 14.3 Å². The van der Waals surface area contributed by atoms with Crippen LogP contribution in [-0.2, 0) is 14.3 Å². The minimum absolute atomic E-state index is 0.168. The van der Waals surface area contributed by atoms with Crippen molar-refractivity contribution in [3.63, 3.8) is 0 Å². The van der Waals surface area contributed by atoms with Crippen LogP contribution in [0.5, 0.6) is 0 Å². The lowest BCUT2D eigenvalue weighted by Gasteiger charge is -2.09. The molecule has 6 heteroatoms. The van der Waals surface area contributed by atoms with Crippen LogP contribution in [0.2, 0.25) is 0 Å². The summed E-state index contributed by atoms with van der Waals surface area (Å²) in [7, 11) is 0. The Bertz CT molecular complexity index is 276. The second-order valence-corrected chi connectivity index (χ2v) is 3.88. The number of carbonyl (C=O) groups is 2. The molecule has 0 rings (SSSR count). The third-order valence-electron chi connectivity index (χ3n) is 1.51. The van der Waals surface area contributed by atoms with Crippen LogP contribution < -0.4 is 11.1 Å². The van der Waals surface area contributed by atoms with E-state index in [1.165, 1.54) is 11.8 Å². The molecule has 0 aromatic carbocycles. The molecule has 0 radical (unpaired) electrons. The van der Waals surface area contributed by atoms with Gasteiger partial charge in [-0.15, -0.1) is 18.2 Å². The molecule has 0 aliphatic heterocycles. The molecular weight excluding hydrogens is 228 g/mol. The van der Waals surface area contributed by atoms with E-state index in [0.717, 1.165) is 0 Å². The third-order valence-corrected chi connectivity index (χ3v) is 2.57. The average Bonchev–Trinajstić information content (AvgIpc) is 2.26. The van der Waals surface area contributed by atoms with Crippen LogP contribution >= 0.6 is 11.8 Å². The van der Waals surface area contributed by atoms with E-state index in [1.54, 1.807) is 6.92 Å². The van der Waals surface area contributed by atoms with Crippen molar-refractivity contribution >= 4 is 23.6 Å². The Morgan fingerprint density at radius 2 is 2.31 bits per heavy atom. The van der Waals surface area contributed by atoms with Crippen LogP contribution in [0.25, 0.3) is 0 Å². The molecule has 3 N–H and O–H groups in total. The molecule has 1 unspecified atom stereocenters. The molecule has 90 valence electrons. The minimum Gasteiger partial charge on any atom is -0.465 e. The number of esters is 1. The Kier molecular flexibility index (Phi) is 8.39. The Morgan fingerprint density at radius 1 is 1.62 bits per heavy atom. The highest BCUT2D eigenvalue weighted by Crippen LogP contribution is 2.02. The SMILES string of the molecule is C#CCNC(=O)CSCC(N)C(=O)OCC. The standard InChI is InChI=1S/C10H16N2O3S/c1-3-5-12-9(13)7-16-6-8(11)10(14)15-4-2/h1,8H,4-7,11H2,2H3,(H,12,13). The predicted octanol–water partition coefficient (Wildman–Crippen LogP) is -0.641. The number of hydrogen-bond donors (Lipinski definition) is 2. The lowest BCUT2D eigenvalue weighted by molar-refractivity contribution is -0.144. The number of terminal acetylenes is 1. The number of ether oxygens (including phenoxy) is 1. The van der Waals surface area contributed by atoms with Crippen molar-refractivity contribution in [3.8, 4) is 12.3 Å². The highest BCUT2D eigenvalue weighted by Gasteiger charge is 2.14. The zero-order valence-corrected chi connectivity index (χ0v) is 10.0. The Hall–Kier alpha value is -1.19. The highest BCUT2D eigenvalue weighted by molar-refractivity contribution is 8.00. The third kappa shape index (κ3) is 7.15. The molecule has 5 nitrogen and oxygen atoms in total. The Balaban J connectivity index is 3.61. The van der Waals surface area contributed by atoms with Gasteiger partial charge in [0.05, 0.1) is 18.9 Å². The Labute approximate surface area is 99.5 Å². The highest BCUT2D eigenvalue weighted by atomic mass is 32.2. The molecule has 0 aromatic rings. The van der Waals surface area contributed by atoms with Crippen molar-refractivity contribution in [2.75, 3.05) is 24.7 Å². The zero-order valence-electron chi connectivity index (χ0n) is 9.19. The van der Waals surface area contributed by atoms with Gasteiger partial charge in [-0.2, -0.15) is 0 Å². The van der Waals surface area contributed by atoms with E-state index in [0.29, 0.717) is 12.4 Å². The van der Waals surface area contributed by atoms with Crippen LogP contribution in [0.3, 0.4) is 0 Å². The van der Waals surface area contributed by atoms with Crippen molar-refractivity contribution in [2.24, 2.45) is 5.73 Å². The first-order valence-corrected chi connectivity index (χ1v) is 5.97. The molecule has 0 saturated carbocycles. The maximum atomic E-state index is 11.1. The first-order valence-electron chi connectivity index (χ1n) is 4.82. The molecule has 0 spiro atoms. The van der Waals surface area contributed by atoms with Crippen molar-refractivity contribution in [2.45, 2.75) is 13.0 Å². The second kappa shape index (κ2) is 9.07. The number of nitrogens with two attached hydrogens (primary N) is 1. The lowest BCUT2D eigenvalue weighted by Crippen LogP contribution is -2.35. The fourth-order valence-electron chi connectivity index (χ4n) is 0.797. The number of hydrogen-bond acceptors (Lipinski definition) is 5. The van der Waals surface area contributed by atoms with Crippen molar-refractivity contribution in [3.05, 3.63) is 0 Å².